The van der Waals surface area contributed by atoms with Gasteiger partial charge >= 0.3 is 0 Å². The number of rotatable bonds is 2. The third-order valence-corrected chi connectivity index (χ3v) is 3.09. The fourth-order valence-corrected chi connectivity index (χ4v) is 1.98. The molecule has 0 amide bonds. The van der Waals surface area contributed by atoms with E-state index in [4.69, 9.17) is 0 Å². The van der Waals surface area contributed by atoms with E-state index in [-0.39, 0.29) is 17.7 Å². The maximum atomic E-state index is 9.54. The Labute approximate surface area is 124 Å². The quantitative estimate of drug-likeness (QED) is 0.700. The molecule has 0 bridgehead atoms. The summed E-state index contributed by atoms with van der Waals surface area (Å²) in [7, 11) is 5.74. The minimum Gasteiger partial charge on any atom is -0.504 e. The second-order valence-electron chi connectivity index (χ2n) is 5.24. The van der Waals surface area contributed by atoms with E-state index in [0.29, 0.717) is 12.5 Å². The number of aliphatic imine (C=N–C) groups is 2. The van der Waals surface area contributed by atoms with Crippen molar-refractivity contribution in [3.63, 3.8) is 0 Å². The van der Waals surface area contributed by atoms with Crippen molar-refractivity contribution in [1.82, 2.24) is 15.1 Å². The lowest BCUT2D eigenvalue weighted by Gasteiger charge is -2.29. The first kappa shape index (κ1) is 15.0. The zero-order valence-electron chi connectivity index (χ0n) is 12.7. The lowest BCUT2D eigenvalue weighted by molar-refractivity contribution is 0.401. The van der Waals surface area contributed by atoms with Crippen LogP contribution in [0.5, 0.6) is 11.5 Å². The SMILES string of the molecule is CC1N=C(N(C)C)NC(N(C)Cc2ccc(O)c(O)c2)=N1. The molecule has 2 rings (SSSR count). The third-order valence-electron chi connectivity index (χ3n) is 3.09. The van der Waals surface area contributed by atoms with Crippen molar-refractivity contribution in [1.29, 1.82) is 0 Å². The predicted octanol–water partition coefficient (Wildman–Crippen LogP) is 0.752. The lowest BCUT2D eigenvalue weighted by atomic mass is 10.2. The molecule has 0 saturated heterocycles. The fraction of sp³-hybridized carbons (Fsp3) is 0.429. The van der Waals surface area contributed by atoms with Gasteiger partial charge in [-0.15, -0.1) is 0 Å². The summed E-state index contributed by atoms with van der Waals surface area (Å²) in [6, 6.07) is 4.78. The van der Waals surface area contributed by atoms with E-state index in [9.17, 15) is 10.2 Å². The second kappa shape index (κ2) is 5.90. The molecule has 0 saturated carbocycles. The van der Waals surface area contributed by atoms with Gasteiger partial charge < -0.3 is 20.0 Å². The molecule has 7 nitrogen and oxygen atoms in total. The molecule has 0 aromatic heterocycles. The van der Waals surface area contributed by atoms with Crippen LogP contribution >= 0.6 is 0 Å². The Hall–Kier alpha value is -2.44. The first-order chi connectivity index (χ1) is 9.86. The molecule has 7 heteroatoms. The first-order valence-corrected chi connectivity index (χ1v) is 6.68. The molecule has 1 atom stereocenters. The molecule has 21 heavy (non-hydrogen) atoms. The molecule has 114 valence electrons. The standard InChI is InChI=1S/C14H21N5O2/c1-9-15-13(18(2)3)17-14(16-9)19(4)8-10-5-6-11(20)12(21)7-10/h5-7,9,20-21H,8H2,1-4H3,(H,15,16,17). The highest BCUT2D eigenvalue weighted by Crippen LogP contribution is 2.25. The summed E-state index contributed by atoms with van der Waals surface area (Å²) in [5.41, 5.74) is 0.874. The average molecular weight is 291 g/mol. The monoisotopic (exact) mass is 291 g/mol. The summed E-state index contributed by atoms with van der Waals surface area (Å²) in [4.78, 5) is 12.7. The van der Waals surface area contributed by atoms with Crippen molar-refractivity contribution in [2.45, 2.75) is 19.6 Å². The summed E-state index contributed by atoms with van der Waals surface area (Å²) in [6.07, 6.45) is -0.144. The van der Waals surface area contributed by atoms with Crippen LogP contribution in [0.4, 0.5) is 0 Å². The molecular formula is C14H21N5O2. The average Bonchev–Trinajstić information content (AvgIpc) is 2.42. The van der Waals surface area contributed by atoms with E-state index < -0.39 is 0 Å². The van der Waals surface area contributed by atoms with E-state index in [1.807, 2.05) is 37.9 Å². The highest BCUT2D eigenvalue weighted by molar-refractivity contribution is 5.99. The minimum absolute atomic E-state index is 0.120. The van der Waals surface area contributed by atoms with Crippen LogP contribution in [0.2, 0.25) is 0 Å². The summed E-state index contributed by atoms with van der Waals surface area (Å²) < 4.78 is 0. The lowest BCUT2D eigenvalue weighted by Crippen LogP contribution is -2.49. The Kier molecular flexibility index (Phi) is 4.21. The summed E-state index contributed by atoms with van der Waals surface area (Å²) >= 11 is 0. The van der Waals surface area contributed by atoms with E-state index in [2.05, 4.69) is 15.3 Å². The van der Waals surface area contributed by atoms with Gasteiger partial charge in [0.05, 0.1) is 0 Å². The van der Waals surface area contributed by atoms with Crippen LogP contribution in [-0.2, 0) is 6.54 Å². The molecule has 1 aromatic rings. The number of nitrogens with one attached hydrogen (secondary N) is 1. The van der Waals surface area contributed by atoms with Crippen molar-refractivity contribution in [2.24, 2.45) is 9.98 Å². The molecule has 1 aliphatic rings. The first-order valence-electron chi connectivity index (χ1n) is 6.68. The van der Waals surface area contributed by atoms with Crippen LogP contribution in [0.1, 0.15) is 12.5 Å². The Morgan fingerprint density at radius 3 is 2.38 bits per heavy atom. The van der Waals surface area contributed by atoms with Gasteiger partial charge in [0.15, 0.2) is 11.5 Å². The fourth-order valence-electron chi connectivity index (χ4n) is 1.98. The van der Waals surface area contributed by atoms with E-state index >= 15 is 0 Å². The number of hydrogen-bond acceptors (Lipinski definition) is 7. The Bertz CT molecular complexity index is 583. The van der Waals surface area contributed by atoms with Gasteiger partial charge in [-0.1, -0.05) is 6.07 Å². The van der Waals surface area contributed by atoms with Crippen molar-refractivity contribution in [2.75, 3.05) is 21.1 Å². The van der Waals surface area contributed by atoms with Gasteiger partial charge in [0.1, 0.15) is 6.17 Å². The number of guanidine groups is 2. The van der Waals surface area contributed by atoms with Gasteiger partial charge in [0.2, 0.25) is 11.9 Å². The number of nitrogens with zero attached hydrogens (tertiary/aromatic N) is 4. The second-order valence-corrected chi connectivity index (χ2v) is 5.24. The predicted molar refractivity (Wildman–Crippen MR) is 82.4 cm³/mol. The van der Waals surface area contributed by atoms with Crippen LogP contribution in [-0.4, -0.2) is 59.2 Å². The largest absolute Gasteiger partial charge is 0.504 e. The molecule has 0 fully saturated rings. The number of hydrogen-bond donors (Lipinski definition) is 3. The number of benzene rings is 1. The highest BCUT2D eigenvalue weighted by atomic mass is 16.3. The maximum Gasteiger partial charge on any atom is 0.202 e. The topological polar surface area (TPSA) is 83.7 Å². The molecule has 1 aliphatic heterocycles. The molecule has 1 aromatic carbocycles. The van der Waals surface area contributed by atoms with Crippen molar-refractivity contribution in [3.8, 4) is 11.5 Å². The Morgan fingerprint density at radius 2 is 1.76 bits per heavy atom. The van der Waals surface area contributed by atoms with Crippen LogP contribution in [0, 0.1) is 0 Å². The number of phenols is 2. The van der Waals surface area contributed by atoms with Crippen molar-refractivity contribution >= 4 is 11.9 Å². The van der Waals surface area contributed by atoms with Gasteiger partial charge in [-0.3, -0.25) is 5.32 Å². The molecular weight excluding hydrogens is 270 g/mol. The third kappa shape index (κ3) is 3.56. The molecule has 3 N–H and O–H groups in total. The molecule has 1 heterocycles. The number of aromatic hydroxyl groups is 2. The van der Waals surface area contributed by atoms with Crippen molar-refractivity contribution < 1.29 is 10.2 Å². The highest BCUT2D eigenvalue weighted by Gasteiger charge is 2.18. The van der Waals surface area contributed by atoms with E-state index in [1.165, 1.54) is 6.07 Å². The number of phenolic OH excluding ortho intramolecular Hbond substituents is 2. The molecule has 0 aliphatic carbocycles. The molecule has 1 unspecified atom stereocenters. The van der Waals surface area contributed by atoms with Gasteiger partial charge in [0, 0.05) is 27.7 Å². The summed E-state index contributed by atoms with van der Waals surface area (Å²) in [5.74, 6) is 1.23. The van der Waals surface area contributed by atoms with Crippen molar-refractivity contribution in [3.05, 3.63) is 23.8 Å². The van der Waals surface area contributed by atoms with Gasteiger partial charge in [-0.25, -0.2) is 9.98 Å². The smallest absolute Gasteiger partial charge is 0.202 e. The van der Waals surface area contributed by atoms with E-state index in [0.717, 1.165) is 11.5 Å². The van der Waals surface area contributed by atoms with Crippen LogP contribution < -0.4 is 5.32 Å². The normalized spacial score (nSPS) is 17.6. The van der Waals surface area contributed by atoms with Gasteiger partial charge in [0.25, 0.3) is 0 Å². The Balaban J connectivity index is 2.09. The van der Waals surface area contributed by atoms with Crippen LogP contribution in [0.3, 0.4) is 0 Å². The van der Waals surface area contributed by atoms with Crippen LogP contribution in [0.25, 0.3) is 0 Å². The van der Waals surface area contributed by atoms with Crippen LogP contribution in [0.15, 0.2) is 28.2 Å². The van der Waals surface area contributed by atoms with Gasteiger partial charge in [-0.05, 0) is 24.6 Å². The summed E-state index contributed by atoms with van der Waals surface area (Å²) in [6.45, 7) is 2.47. The molecule has 0 spiro atoms. The Morgan fingerprint density at radius 1 is 1.10 bits per heavy atom. The van der Waals surface area contributed by atoms with Gasteiger partial charge in [-0.2, -0.15) is 0 Å². The maximum absolute atomic E-state index is 9.54. The zero-order chi connectivity index (χ0) is 15.6. The van der Waals surface area contributed by atoms with E-state index in [1.54, 1.807) is 12.1 Å². The molecule has 0 radical (unpaired) electrons. The zero-order valence-corrected chi connectivity index (χ0v) is 12.7. The minimum atomic E-state index is -0.144. The summed E-state index contributed by atoms with van der Waals surface area (Å²) in [5, 5.41) is 22.0.